The van der Waals surface area contributed by atoms with Gasteiger partial charge in [0, 0.05) is 17.7 Å². The summed E-state index contributed by atoms with van der Waals surface area (Å²) in [5.41, 5.74) is 0.288. The number of rotatable bonds is 6. The lowest BCUT2D eigenvalue weighted by molar-refractivity contribution is 0.102. The lowest BCUT2D eigenvalue weighted by Crippen LogP contribution is -2.30. The van der Waals surface area contributed by atoms with Crippen molar-refractivity contribution in [1.29, 1.82) is 0 Å². The summed E-state index contributed by atoms with van der Waals surface area (Å²) in [6, 6.07) is 7.87. The van der Waals surface area contributed by atoms with Crippen molar-refractivity contribution in [3.8, 4) is 0 Å². The molecule has 1 amide bonds. The number of carbonyl (C=O) groups excluding carboxylic acids is 1. The maximum Gasteiger partial charge on any atom is 0.256 e. The number of sulfonamides is 1. The maximum atomic E-state index is 12.6. The fourth-order valence-corrected chi connectivity index (χ4v) is 4.52. The van der Waals surface area contributed by atoms with E-state index in [2.05, 4.69) is 15.1 Å². The number of carbonyl (C=O) groups is 1. The van der Waals surface area contributed by atoms with E-state index in [4.69, 9.17) is 0 Å². The molecule has 26 heavy (non-hydrogen) atoms. The number of nitrogens with zero attached hydrogens (tertiary/aromatic N) is 2. The molecule has 0 bridgehead atoms. The van der Waals surface area contributed by atoms with Gasteiger partial charge in [-0.1, -0.05) is 18.9 Å². The van der Waals surface area contributed by atoms with Gasteiger partial charge in [0.15, 0.2) is 0 Å². The van der Waals surface area contributed by atoms with Crippen molar-refractivity contribution < 1.29 is 13.2 Å². The minimum Gasteiger partial charge on any atom is -0.307 e. The van der Waals surface area contributed by atoms with Crippen LogP contribution in [0.1, 0.15) is 55.9 Å². The quantitative estimate of drug-likeness (QED) is 0.811. The first-order valence-corrected chi connectivity index (χ1v) is 10.3. The van der Waals surface area contributed by atoms with E-state index in [1.54, 1.807) is 38.2 Å². The molecule has 2 N–H and O–H groups in total. The van der Waals surface area contributed by atoms with Crippen LogP contribution in [-0.4, -0.2) is 30.1 Å². The molecule has 140 valence electrons. The smallest absolute Gasteiger partial charge is 0.256 e. The van der Waals surface area contributed by atoms with Gasteiger partial charge in [0.05, 0.1) is 17.1 Å². The van der Waals surface area contributed by atoms with E-state index < -0.39 is 10.0 Å². The van der Waals surface area contributed by atoms with Crippen LogP contribution in [0.2, 0.25) is 0 Å². The summed E-state index contributed by atoms with van der Waals surface area (Å²) in [5.74, 6) is 0.279. The minimum absolute atomic E-state index is 0.0724. The molecule has 8 heteroatoms. The van der Waals surface area contributed by atoms with Crippen LogP contribution in [0, 0.1) is 0 Å². The summed E-state index contributed by atoms with van der Waals surface area (Å²) in [6.07, 6.45) is 6.11. The SMILES string of the molecule is CC(C)NS(=O)(=O)c1cccc(C(=O)Nc2ccnn2C2CCCC2)c1. The van der Waals surface area contributed by atoms with Crippen molar-refractivity contribution in [2.45, 2.75) is 56.5 Å². The molecule has 0 saturated heterocycles. The Labute approximate surface area is 153 Å². The Kier molecular flexibility index (Phi) is 5.43. The third kappa shape index (κ3) is 4.13. The zero-order valence-electron chi connectivity index (χ0n) is 15.0. The summed E-state index contributed by atoms with van der Waals surface area (Å²) < 4.78 is 29.0. The summed E-state index contributed by atoms with van der Waals surface area (Å²) >= 11 is 0. The van der Waals surface area contributed by atoms with E-state index in [1.165, 1.54) is 25.0 Å². The second kappa shape index (κ2) is 7.59. The first kappa shape index (κ1) is 18.6. The van der Waals surface area contributed by atoms with Crippen LogP contribution < -0.4 is 10.0 Å². The molecule has 1 aliphatic carbocycles. The summed E-state index contributed by atoms with van der Waals surface area (Å²) in [4.78, 5) is 12.7. The van der Waals surface area contributed by atoms with Crippen molar-refractivity contribution >= 4 is 21.7 Å². The molecule has 3 rings (SSSR count). The molecule has 0 unspecified atom stereocenters. The first-order chi connectivity index (χ1) is 12.4. The van der Waals surface area contributed by atoms with Crippen molar-refractivity contribution in [2.75, 3.05) is 5.32 Å². The number of aromatic nitrogens is 2. The van der Waals surface area contributed by atoms with Crippen molar-refractivity contribution in [1.82, 2.24) is 14.5 Å². The Morgan fingerprint density at radius 2 is 1.96 bits per heavy atom. The summed E-state index contributed by atoms with van der Waals surface area (Å²) in [5, 5.41) is 7.18. The summed E-state index contributed by atoms with van der Waals surface area (Å²) in [6.45, 7) is 3.50. The molecule has 0 aliphatic heterocycles. The van der Waals surface area contributed by atoms with E-state index in [0.29, 0.717) is 11.9 Å². The van der Waals surface area contributed by atoms with E-state index in [0.717, 1.165) is 12.8 Å². The van der Waals surface area contributed by atoms with Crippen LogP contribution in [-0.2, 0) is 10.0 Å². The number of benzene rings is 1. The van der Waals surface area contributed by atoms with Gasteiger partial charge in [0.2, 0.25) is 10.0 Å². The van der Waals surface area contributed by atoms with Crippen LogP contribution in [0.3, 0.4) is 0 Å². The van der Waals surface area contributed by atoms with Crippen LogP contribution >= 0.6 is 0 Å². The molecule has 0 spiro atoms. The van der Waals surface area contributed by atoms with E-state index in [1.807, 2.05) is 4.68 Å². The second-order valence-corrected chi connectivity index (χ2v) is 8.57. The molecule has 1 aromatic carbocycles. The van der Waals surface area contributed by atoms with E-state index >= 15 is 0 Å². The van der Waals surface area contributed by atoms with Crippen molar-refractivity contribution in [3.05, 3.63) is 42.1 Å². The molecule has 1 saturated carbocycles. The first-order valence-electron chi connectivity index (χ1n) is 8.84. The van der Waals surface area contributed by atoms with Gasteiger partial charge in [-0.15, -0.1) is 0 Å². The molecule has 1 fully saturated rings. The molecule has 7 nitrogen and oxygen atoms in total. The molecule has 1 aliphatic rings. The predicted octanol–water partition coefficient (Wildman–Crippen LogP) is 2.94. The molecular weight excluding hydrogens is 352 g/mol. The zero-order chi connectivity index (χ0) is 18.7. The molecule has 0 radical (unpaired) electrons. The van der Waals surface area contributed by atoms with Gasteiger partial charge in [-0.2, -0.15) is 5.10 Å². The van der Waals surface area contributed by atoms with Crippen molar-refractivity contribution in [2.24, 2.45) is 0 Å². The maximum absolute atomic E-state index is 12.6. The van der Waals surface area contributed by atoms with Gasteiger partial charge in [0.1, 0.15) is 5.82 Å². The second-order valence-electron chi connectivity index (χ2n) is 6.86. The van der Waals surface area contributed by atoms with Crippen LogP contribution in [0.5, 0.6) is 0 Å². The Morgan fingerprint density at radius 1 is 1.23 bits per heavy atom. The van der Waals surface area contributed by atoms with Crippen LogP contribution in [0.4, 0.5) is 5.82 Å². The van der Waals surface area contributed by atoms with Crippen molar-refractivity contribution in [3.63, 3.8) is 0 Å². The Balaban J connectivity index is 1.79. The Bertz CT molecular complexity index is 883. The van der Waals surface area contributed by atoms with Gasteiger partial charge < -0.3 is 5.32 Å². The van der Waals surface area contributed by atoms with Gasteiger partial charge in [-0.25, -0.2) is 17.8 Å². The highest BCUT2D eigenvalue weighted by Gasteiger charge is 2.21. The highest BCUT2D eigenvalue weighted by molar-refractivity contribution is 7.89. The average Bonchev–Trinajstić information content (AvgIpc) is 3.24. The summed E-state index contributed by atoms with van der Waals surface area (Å²) in [7, 11) is -3.65. The highest BCUT2D eigenvalue weighted by atomic mass is 32.2. The van der Waals surface area contributed by atoms with Gasteiger partial charge in [-0.3, -0.25) is 4.79 Å². The highest BCUT2D eigenvalue weighted by Crippen LogP contribution is 2.31. The van der Waals surface area contributed by atoms with Gasteiger partial charge in [0.25, 0.3) is 5.91 Å². The molecule has 0 atom stereocenters. The Morgan fingerprint density at radius 3 is 2.65 bits per heavy atom. The number of nitrogens with one attached hydrogen (secondary N) is 2. The largest absolute Gasteiger partial charge is 0.307 e. The van der Waals surface area contributed by atoms with Gasteiger partial charge >= 0.3 is 0 Å². The Hall–Kier alpha value is -2.19. The lowest BCUT2D eigenvalue weighted by Gasteiger charge is -2.15. The molecule has 1 heterocycles. The normalized spacial score (nSPS) is 15.5. The number of hydrogen-bond acceptors (Lipinski definition) is 4. The third-order valence-electron chi connectivity index (χ3n) is 4.38. The molecular formula is C18H24N4O3S. The van der Waals surface area contributed by atoms with Crippen LogP contribution in [0.15, 0.2) is 41.4 Å². The van der Waals surface area contributed by atoms with E-state index in [9.17, 15) is 13.2 Å². The molecule has 2 aromatic rings. The predicted molar refractivity (Wildman–Crippen MR) is 99.6 cm³/mol. The van der Waals surface area contributed by atoms with Gasteiger partial charge in [-0.05, 0) is 44.9 Å². The zero-order valence-corrected chi connectivity index (χ0v) is 15.8. The molecule has 1 aromatic heterocycles. The topological polar surface area (TPSA) is 93.1 Å². The number of anilines is 1. The van der Waals surface area contributed by atoms with Crippen LogP contribution in [0.25, 0.3) is 0 Å². The fraction of sp³-hybridized carbons (Fsp3) is 0.444. The number of amides is 1. The minimum atomic E-state index is -3.65. The third-order valence-corrected chi connectivity index (χ3v) is 6.04. The number of hydrogen-bond donors (Lipinski definition) is 2. The average molecular weight is 376 g/mol. The van der Waals surface area contributed by atoms with E-state index in [-0.39, 0.29) is 22.4 Å². The standard InChI is InChI=1S/C18H24N4O3S/c1-13(2)21-26(24,25)16-9-5-6-14(12-16)18(23)20-17-10-11-19-22(17)15-7-3-4-8-15/h5-6,9-13,15,21H,3-4,7-8H2,1-2H3,(H,20,23). The lowest BCUT2D eigenvalue weighted by atomic mass is 10.2. The monoisotopic (exact) mass is 376 g/mol. The fourth-order valence-electron chi connectivity index (χ4n) is 3.22.